The third kappa shape index (κ3) is 2.22. The lowest BCUT2D eigenvalue weighted by atomic mass is 10.1. The summed E-state index contributed by atoms with van der Waals surface area (Å²) in [7, 11) is 0. The van der Waals surface area contributed by atoms with Crippen molar-refractivity contribution in [2.75, 3.05) is 5.48 Å². The number of anilines is 1. The van der Waals surface area contributed by atoms with E-state index in [4.69, 9.17) is 4.84 Å². The first kappa shape index (κ1) is 14.4. The first-order chi connectivity index (χ1) is 11.5. The highest BCUT2D eigenvalue weighted by Gasteiger charge is 2.30. The third-order valence-electron chi connectivity index (χ3n) is 3.43. The second-order valence-electron chi connectivity index (χ2n) is 4.90. The highest BCUT2D eigenvalue weighted by Crippen LogP contribution is 2.28. The molecule has 1 unspecified atom stereocenters. The monoisotopic (exact) mass is 345 g/mol. The Bertz CT molecular complexity index is 875. The summed E-state index contributed by atoms with van der Waals surface area (Å²) in [4.78, 5) is 40.0. The minimum Gasteiger partial charge on any atom is -0.386 e. The molecule has 8 nitrogen and oxygen atoms in total. The number of benzene rings is 2. The van der Waals surface area contributed by atoms with Crippen LogP contribution in [0.4, 0.5) is 5.69 Å². The number of esters is 2. The second kappa shape index (κ2) is 5.17. The van der Waals surface area contributed by atoms with Crippen LogP contribution in [0.25, 0.3) is 0 Å². The van der Waals surface area contributed by atoms with E-state index in [1.54, 1.807) is 6.07 Å². The summed E-state index contributed by atoms with van der Waals surface area (Å²) < 4.78 is 20.6. The largest absolute Gasteiger partial charge is 0.386 e. The Morgan fingerprint density at radius 2 is 1.67 bits per heavy atom. The Morgan fingerprint density at radius 3 is 2.50 bits per heavy atom. The number of fused-ring (bicyclic) bond motifs is 2. The van der Waals surface area contributed by atoms with Gasteiger partial charge in [0.15, 0.2) is 5.75 Å². The Kier molecular flexibility index (Phi) is 3.10. The molecule has 0 saturated heterocycles. The van der Waals surface area contributed by atoms with Crippen LogP contribution in [0, 0.1) is 0 Å². The molecule has 0 saturated carbocycles. The molecule has 2 aliphatic rings. The number of nitrogens with one attached hydrogen (secondary N) is 1. The van der Waals surface area contributed by atoms with Crippen molar-refractivity contribution in [3.05, 3.63) is 53.1 Å². The molecule has 2 aromatic rings. The van der Waals surface area contributed by atoms with E-state index in [-0.39, 0.29) is 22.4 Å². The normalized spacial score (nSPS) is 17.8. The average Bonchev–Trinajstić information content (AvgIpc) is 3.02. The number of cyclic esters (lactones) is 2. The van der Waals surface area contributed by atoms with Crippen LogP contribution in [0.1, 0.15) is 31.1 Å². The van der Waals surface area contributed by atoms with Gasteiger partial charge < -0.3 is 13.8 Å². The molecule has 1 N–H and O–H groups in total. The van der Waals surface area contributed by atoms with E-state index in [2.05, 4.69) is 14.4 Å². The fourth-order valence-electron chi connectivity index (χ4n) is 2.30. The second-order valence-corrected chi connectivity index (χ2v) is 5.98. The van der Waals surface area contributed by atoms with Gasteiger partial charge in [-0.1, -0.05) is 0 Å². The number of carbonyl (C=O) groups excluding carboxylic acids is 3. The van der Waals surface area contributed by atoms with Gasteiger partial charge in [-0.25, -0.2) is 24.1 Å². The maximum Gasteiger partial charge on any atom is 0.353 e. The molecular weight excluding hydrogens is 338 g/mol. The Morgan fingerprint density at radius 1 is 0.875 bits per heavy atom. The maximum atomic E-state index is 11.5. The van der Waals surface area contributed by atoms with E-state index in [1.165, 1.54) is 30.3 Å². The molecule has 0 aliphatic carbocycles. The molecule has 24 heavy (non-hydrogen) atoms. The van der Waals surface area contributed by atoms with Gasteiger partial charge in [0.05, 0.1) is 27.3 Å². The van der Waals surface area contributed by atoms with E-state index >= 15 is 0 Å². The number of ether oxygens (including phenoxy) is 1. The van der Waals surface area contributed by atoms with Crippen molar-refractivity contribution in [2.24, 2.45) is 0 Å². The van der Waals surface area contributed by atoms with Crippen LogP contribution in [-0.4, -0.2) is 22.1 Å². The molecule has 0 bridgehead atoms. The zero-order chi connectivity index (χ0) is 16.8. The summed E-state index contributed by atoms with van der Waals surface area (Å²) in [5, 5.41) is 0. The van der Waals surface area contributed by atoms with Crippen LogP contribution in [0.15, 0.2) is 41.3 Å². The van der Waals surface area contributed by atoms with Crippen LogP contribution in [-0.2, 0) is 20.0 Å². The lowest BCUT2D eigenvalue weighted by molar-refractivity contribution is 0.0443. The van der Waals surface area contributed by atoms with Gasteiger partial charge in [-0.2, -0.15) is 0 Å². The smallest absolute Gasteiger partial charge is 0.353 e. The Hall–Kier alpha value is -3.20. The van der Waals surface area contributed by atoms with Gasteiger partial charge >= 0.3 is 17.9 Å². The van der Waals surface area contributed by atoms with Crippen molar-refractivity contribution >= 4 is 34.7 Å². The van der Waals surface area contributed by atoms with Crippen molar-refractivity contribution in [2.45, 2.75) is 4.90 Å². The van der Waals surface area contributed by atoms with Gasteiger partial charge in [-0.05, 0) is 36.4 Å². The van der Waals surface area contributed by atoms with Gasteiger partial charge in [0.1, 0.15) is 0 Å². The summed E-state index contributed by atoms with van der Waals surface area (Å²) in [6, 6.07) is 8.76. The van der Waals surface area contributed by atoms with Gasteiger partial charge in [-0.15, -0.1) is 0 Å². The van der Waals surface area contributed by atoms with Gasteiger partial charge in [0.2, 0.25) is 11.1 Å². The van der Waals surface area contributed by atoms with Gasteiger partial charge in [-0.3, -0.25) is 0 Å². The van der Waals surface area contributed by atoms with Crippen molar-refractivity contribution in [1.29, 1.82) is 0 Å². The van der Waals surface area contributed by atoms with E-state index in [0.29, 0.717) is 10.6 Å². The summed E-state index contributed by atoms with van der Waals surface area (Å²) >= 11 is -1.78. The van der Waals surface area contributed by atoms with Gasteiger partial charge in [0.25, 0.3) is 0 Å². The molecule has 2 aromatic carbocycles. The van der Waals surface area contributed by atoms with E-state index in [0.717, 1.165) is 0 Å². The van der Waals surface area contributed by atoms with E-state index in [9.17, 15) is 18.6 Å². The molecule has 0 amide bonds. The van der Waals surface area contributed by atoms with E-state index < -0.39 is 29.0 Å². The fraction of sp³-hybridized carbons (Fsp3) is 0. The van der Waals surface area contributed by atoms with Crippen molar-refractivity contribution in [3.8, 4) is 5.75 Å². The van der Waals surface area contributed by atoms with Crippen LogP contribution in [0.3, 0.4) is 0 Å². The molecule has 4 rings (SSSR count). The molecule has 120 valence electrons. The maximum absolute atomic E-state index is 11.5. The highest BCUT2D eigenvalue weighted by molar-refractivity contribution is 7.81. The van der Waals surface area contributed by atoms with Crippen LogP contribution < -0.4 is 10.3 Å². The Balaban J connectivity index is 1.54. The van der Waals surface area contributed by atoms with Crippen molar-refractivity contribution in [3.63, 3.8) is 0 Å². The fourth-order valence-corrected chi connectivity index (χ4v) is 3.12. The number of rotatable bonds is 3. The first-order valence-electron chi connectivity index (χ1n) is 6.65. The van der Waals surface area contributed by atoms with Crippen molar-refractivity contribution < 1.29 is 32.4 Å². The molecule has 9 heteroatoms. The summed E-state index contributed by atoms with van der Waals surface area (Å²) in [6.45, 7) is 0. The molecule has 1 atom stereocenters. The number of carbonyl (C=O) groups is 3. The highest BCUT2D eigenvalue weighted by atomic mass is 32.2. The third-order valence-corrected chi connectivity index (χ3v) is 4.45. The number of hydrogen-bond donors (Lipinski definition) is 1. The first-order valence-corrected chi connectivity index (χ1v) is 7.72. The molecule has 2 aliphatic heterocycles. The van der Waals surface area contributed by atoms with Crippen molar-refractivity contribution in [1.82, 2.24) is 0 Å². The molecule has 0 fully saturated rings. The standard InChI is InChI=1S/C15H7NO7S/c17-13-9-3-2-8(6-10(9)14(18)21-13)22-16-7-1-4-12-11(5-7)15(19)23-24(12)20/h1-6,16H. The molecule has 2 heterocycles. The topological polar surface area (TPSA) is 108 Å². The van der Waals surface area contributed by atoms with Crippen LogP contribution >= 0.6 is 0 Å². The minimum absolute atomic E-state index is 0.118. The minimum atomic E-state index is -1.78. The zero-order valence-corrected chi connectivity index (χ0v) is 12.5. The van der Waals surface area contributed by atoms with Crippen LogP contribution in [0.2, 0.25) is 0 Å². The predicted octanol–water partition coefficient (Wildman–Crippen LogP) is 1.60. The lowest BCUT2D eigenvalue weighted by Crippen LogP contribution is -2.06. The SMILES string of the molecule is O=C1OC(=O)c2cc(ONc3ccc4c(c3)C(=O)OS4=O)ccc21. The summed E-state index contributed by atoms with van der Waals surface area (Å²) in [5.74, 6) is -1.83. The lowest BCUT2D eigenvalue weighted by Gasteiger charge is -2.09. The van der Waals surface area contributed by atoms with Crippen LogP contribution in [0.5, 0.6) is 5.75 Å². The quantitative estimate of drug-likeness (QED) is 0.508. The molecule has 0 spiro atoms. The molecule has 0 radical (unpaired) electrons. The summed E-state index contributed by atoms with van der Waals surface area (Å²) in [5.41, 5.74) is 3.50. The zero-order valence-electron chi connectivity index (χ0n) is 11.7. The number of hydrogen-bond acceptors (Lipinski definition) is 8. The van der Waals surface area contributed by atoms with Gasteiger partial charge in [0, 0.05) is 0 Å². The summed E-state index contributed by atoms with van der Waals surface area (Å²) in [6.07, 6.45) is 0. The van der Waals surface area contributed by atoms with E-state index in [1.807, 2.05) is 0 Å². The average molecular weight is 345 g/mol. The molecule has 0 aromatic heterocycles. The molecular formula is C15H7NO7S. The predicted molar refractivity (Wildman–Crippen MR) is 78.7 cm³/mol. The Labute approximate surface area is 136 Å².